The van der Waals surface area contributed by atoms with Crippen LogP contribution in [0.25, 0.3) is 0 Å². The van der Waals surface area contributed by atoms with E-state index in [4.69, 9.17) is 0 Å². The van der Waals surface area contributed by atoms with Gasteiger partial charge in [-0.15, -0.1) is 0 Å². The van der Waals surface area contributed by atoms with Crippen LogP contribution in [0.2, 0.25) is 0 Å². The van der Waals surface area contributed by atoms with E-state index in [1.807, 2.05) is 12.1 Å². The molecular weight excluding hydrogens is 222 g/mol. The van der Waals surface area contributed by atoms with Crippen LogP contribution >= 0.6 is 0 Å². The van der Waals surface area contributed by atoms with Gasteiger partial charge in [0.15, 0.2) is 0 Å². The number of hydrogen-bond donors (Lipinski definition) is 1. The maximum Gasteiger partial charge on any atom is 0.120 e. The summed E-state index contributed by atoms with van der Waals surface area (Å²) in [6.45, 7) is 9.95. The lowest BCUT2D eigenvalue weighted by Gasteiger charge is -2.39. The number of piperidine rings is 1. The van der Waals surface area contributed by atoms with Crippen LogP contribution in [-0.4, -0.2) is 23.1 Å². The highest BCUT2D eigenvalue weighted by Crippen LogP contribution is 2.34. The molecule has 0 unspecified atom stereocenters. The lowest BCUT2D eigenvalue weighted by molar-refractivity contribution is 0.109. The van der Waals surface area contributed by atoms with Gasteiger partial charge in [-0.2, -0.15) is 0 Å². The molecule has 1 aliphatic rings. The Labute approximate surface area is 111 Å². The Hall–Kier alpha value is -1.02. The van der Waals surface area contributed by atoms with E-state index in [0.29, 0.717) is 11.2 Å². The zero-order chi connectivity index (χ0) is 13.2. The first-order chi connectivity index (χ1) is 8.52. The number of phenols is 1. The number of aromatic hydroxyl groups is 1. The number of aryl methyl sites for hydroxylation is 1. The largest absolute Gasteiger partial charge is 0.508 e. The Balaban J connectivity index is 1.97. The normalized spacial score (nSPS) is 19.9. The summed E-state index contributed by atoms with van der Waals surface area (Å²) in [4.78, 5) is 2.46. The highest BCUT2D eigenvalue weighted by atomic mass is 16.3. The highest BCUT2D eigenvalue weighted by Gasteiger charge is 2.28. The van der Waals surface area contributed by atoms with Crippen molar-refractivity contribution in [3.63, 3.8) is 0 Å². The van der Waals surface area contributed by atoms with Crippen LogP contribution in [0.5, 0.6) is 5.75 Å². The van der Waals surface area contributed by atoms with Crippen molar-refractivity contribution in [2.75, 3.05) is 13.1 Å². The molecule has 0 atom stereocenters. The maximum atomic E-state index is 9.89. The van der Waals surface area contributed by atoms with Gasteiger partial charge in [-0.3, -0.25) is 4.90 Å². The summed E-state index contributed by atoms with van der Waals surface area (Å²) >= 11 is 0. The fourth-order valence-corrected chi connectivity index (χ4v) is 2.69. The molecule has 2 heteroatoms. The van der Waals surface area contributed by atoms with Gasteiger partial charge in [0.2, 0.25) is 0 Å². The van der Waals surface area contributed by atoms with E-state index >= 15 is 0 Å². The first-order valence-corrected chi connectivity index (χ1v) is 7.03. The molecule has 2 rings (SSSR count). The Morgan fingerprint density at radius 3 is 2.56 bits per heavy atom. The average molecular weight is 247 g/mol. The van der Waals surface area contributed by atoms with Crippen molar-refractivity contribution < 1.29 is 5.11 Å². The molecule has 0 spiro atoms. The smallest absolute Gasteiger partial charge is 0.120 e. The SMILES string of the molecule is CCC1(C)CCN(Cc2cc(C)ccc2O)CC1. The molecule has 0 aromatic heterocycles. The minimum absolute atomic E-state index is 0.435. The Morgan fingerprint density at radius 1 is 1.28 bits per heavy atom. The zero-order valence-electron chi connectivity index (χ0n) is 11.9. The number of hydrogen-bond acceptors (Lipinski definition) is 2. The summed E-state index contributed by atoms with van der Waals surface area (Å²) < 4.78 is 0. The third-order valence-corrected chi connectivity index (χ3v) is 4.55. The Kier molecular flexibility index (Phi) is 3.96. The molecule has 100 valence electrons. The molecular formula is C16H25NO. The number of phenolic OH excluding ortho intramolecular Hbond substituents is 1. The Morgan fingerprint density at radius 2 is 1.94 bits per heavy atom. The predicted molar refractivity (Wildman–Crippen MR) is 75.8 cm³/mol. The van der Waals surface area contributed by atoms with Gasteiger partial charge in [0.25, 0.3) is 0 Å². The number of nitrogens with zero attached hydrogens (tertiary/aromatic N) is 1. The van der Waals surface area contributed by atoms with Gasteiger partial charge in [-0.05, 0) is 44.3 Å². The Bertz CT molecular complexity index is 406. The number of rotatable bonds is 3. The van der Waals surface area contributed by atoms with Crippen molar-refractivity contribution in [3.05, 3.63) is 29.3 Å². The van der Waals surface area contributed by atoms with Gasteiger partial charge in [0.05, 0.1) is 0 Å². The van der Waals surface area contributed by atoms with Crippen molar-refractivity contribution in [3.8, 4) is 5.75 Å². The van der Waals surface area contributed by atoms with Crippen molar-refractivity contribution >= 4 is 0 Å². The van der Waals surface area contributed by atoms with Crippen LogP contribution < -0.4 is 0 Å². The van der Waals surface area contributed by atoms with Crippen LogP contribution in [0.3, 0.4) is 0 Å². The van der Waals surface area contributed by atoms with E-state index in [0.717, 1.165) is 25.2 Å². The third kappa shape index (κ3) is 3.05. The molecule has 1 saturated heterocycles. The summed E-state index contributed by atoms with van der Waals surface area (Å²) in [5.41, 5.74) is 2.82. The van der Waals surface area contributed by atoms with Gasteiger partial charge in [0.1, 0.15) is 5.75 Å². The fourth-order valence-electron chi connectivity index (χ4n) is 2.69. The highest BCUT2D eigenvalue weighted by molar-refractivity contribution is 5.35. The molecule has 0 radical (unpaired) electrons. The summed E-state index contributed by atoms with van der Waals surface area (Å²) in [6.07, 6.45) is 3.82. The van der Waals surface area contributed by atoms with Crippen LogP contribution in [0.15, 0.2) is 18.2 Å². The average Bonchev–Trinajstić information content (AvgIpc) is 2.37. The van der Waals surface area contributed by atoms with E-state index in [1.54, 1.807) is 0 Å². The van der Waals surface area contributed by atoms with Crippen LogP contribution in [0, 0.1) is 12.3 Å². The van der Waals surface area contributed by atoms with Gasteiger partial charge >= 0.3 is 0 Å². The summed E-state index contributed by atoms with van der Waals surface area (Å²) in [5, 5.41) is 9.89. The topological polar surface area (TPSA) is 23.5 Å². The molecule has 0 aliphatic carbocycles. The van der Waals surface area contributed by atoms with E-state index in [1.165, 1.54) is 24.8 Å². The second kappa shape index (κ2) is 5.31. The summed E-state index contributed by atoms with van der Waals surface area (Å²) in [7, 11) is 0. The summed E-state index contributed by atoms with van der Waals surface area (Å²) in [5.74, 6) is 0.435. The minimum Gasteiger partial charge on any atom is -0.508 e. The second-order valence-electron chi connectivity index (χ2n) is 6.07. The van der Waals surface area contributed by atoms with Crippen LogP contribution in [-0.2, 0) is 6.54 Å². The zero-order valence-corrected chi connectivity index (χ0v) is 11.9. The third-order valence-electron chi connectivity index (χ3n) is 4.55. The van der Waals surface area contributed by atoms with Crippen LogP contribution in [0.4, 0.5) is 0 Å². The van der Waals surface area contributed by atoms with Crippen molar-refractivity contribution in [1.82, 2.24) is 4.90 Å². The summed E-state index contributed by atoms with van der Waals surface area (Å²) in [6, 6.07) is 5.87. The molecule has 0 bridgehead atoms. The molecule has 1 fully saturated rings. The quantitative estimate of drug-likeness (QED) is 0.880. The molecule has 2 nitrogen and oxygen atoms in total. The molecule has 1 aromatic carbocycles. The monoisotopic (exact) mass is 247 g/mol. The van der Waals surface area contributed by atoms with E-state index in [9.17, 15) is 5.11 Å². The second-order valence-corrected chi connectivity index (χ2v) is 6.07. The standard InChI is InChI=1S/C16H25NO/c1-4-16(3)7-9-17(10-8-16)12-14-11-13(2)5-6-15(14)18/h5-6,11,18H,4,7-10,12H2,1-3H3. The fraction of sp³-hybridized carbons (Fsp3) is 0.625. The van der Waals surface area contributed by atoms with Gasteiger partial charge in [0, 0.05) is 12.1 Å². The van der Waals surface area contributed by atoms with Crippen molar-refractivity contribution in [2.45, 2.75) is 46.6 Å². The maximum absolute atomic E-state index is 9.89. The first kappa shape index (κ1) is 13.4. The van der Waals surface area contributed by atoms with E-state index in [2.05, 4.69) is 31.7 Å². The molecule has 1 aliphatic heterocycles. The lowest BCUT2D eigenvalue weighted by atomic mass is 9.78. The molecule has 1 N–H and O–H groups in total. The minimum atomic E-state index is 0.435. The molecule has 0 saturated carbocycles. The van der Waals surface area contributed by atoms with E-state index < -0.39 is 0 Å². The molecule has 1 aromatic rings. The number of benzene rings is 1. The van der Waals surface area contributed by atoms with Crippen molar-refractivity contribution in [1.29, 1.82) is 0 Å². The lowest BCUT2D eigenvalue weighted by Crippen LogP contribution is -2.37. The number of likely N-dealkylation sites (tertiary alicyclic amines) is 1. The molecule has 18 heavy (non-hydrogen) atoms. The van der Waals surface area contributed by atoms with Gasteiger partial charge in [-0.25, -0.2) is 0 Å². The van der Waals surface area contributed by atoms with Gasteiger partial charge in [-0.1, -0.05) is 38.0 Å². The predicted octanol–water partition coefficient (Wildman–Crippen LogP) is 3.71. The molecule has 1 heterocycles. The van der Waals surface area contributed by atoms with Crippen molar-refractivity contribution in [2.24, 2.45) is 5.41 Å². The first-order valence-electron chi connectivity index (χ1n) is 7.03. The van der Waals surface area contributed by atoms with Gasteiger partial charge < -0.3 is 5.11 Å². The molecule has 0 amide bonds. The van der Waals surface area contributed by atoms with Crippen LogP contribution in [0.1, 0.15) is 44.2 Å². The van der Waals surface area contributed by atoms with E-state index in [-0.39, 0.29) is 0 Å².